The first kappa shape index (κ1) is 13.0. The molecule has 13 heavy (non-hydrogen) atoms. The fourth-order valence-electron chi connectivity index (χ4n) is 2.01. The van der Waals surface area contributed by atoms with Gasteiger partial charge in [-0.15, -0.1) is 0 Å². The molecule has 0 bridgehead atoms. The fraction of sp³-hybridized carbons (Fsp3) is 1.00. The third-order valence-electron chi connectivity index (χ3n) is 2.88. The predicted octanol–water partition coefficient (Wildman–Crippen LogP) is 5.17. The van der Waals surface area contributed by atoms with Crippen LogP contribution < -0.4 is 0 Å². The van der Waals surface area contributed by atoms with Gasteiger partial charge in [-0.05, 0) is 18.3 Å². The Balaban J connectivity index is 3.29. The van der Waals surface area contributed by atoms with Crippen molar-refractivity contribution in [3.63, 3.8) is 0 Å². The Labute approximate surface area is 85.1 Å². The Morgan fingerprint density at radius 3 is 1.85 bits per heavy atom. The van der Waals surface area contributed by atoms with E-state index in [1.54, 1.807) is 0 Å². The summed E-state index contributed by atoms with van der Waals surface area (Å²) in [7, 11) is 0. The molecule has 80 valence electrons. The van der Waals surface area contributed by atoms with E-state index >= 15 is 0 Å². The zero-order chi connectivity index (χ0) is 10.2. The average Bonchev–Trinajstić information content (AvgIpc) is 2.04. The van der Waals surface area contributed by atoms with Gasteiger partial charge in [0.15, 0.2) is 0 Å². The lowest BCUT2D eigenvalue weighted by Crippen LogP contribution is -2.10. The molecule has 0 aliphatic carbocycles. The summed E-state index contributed by atoms with van der Waals surface area (Å²) in [5.74, 6) is 0. The van der Waals surface area contributed by atoms with Gasteiger partial charge in [-0.1, -0.05) is 66.2 Å². The highest BCUT2D eigenvalue weighted by atomic mass is 14.2. The van der Waals surface area contributed by atoms with Crippen LogP contribution in [0, 0.1) is 5.41 Å². The van der Waals surface area contributed by atoms with Gasteiger partial charge in [0.2, 0.25) is 0 Å². The highest BCUT2D eigenvalue weighted by Crippen LogP contribution is 2.29. The molecule has 0 radical (unpaired) electrons. The van der Waals surface area contributed by atoms with Gasteiger partial charge in [-0.25, -0.2) is 0 Å². The van der Waals surface area contributed by atoms with Crippen molar-refractivity contribution in [2.75, 3.05) is 0 Å². The Kier molecular flexibility index (Phi) is 7.41. The topological polar surface area (TPSA) is 0 Å². The van der Waals surface area contributed by atoms with E-state index in [-0.39, 0.29) is 0 Å². The van der Waals surface area contributed by atoms with Crippen molar-refractivity contribution in [1.82, 2.24) is 0 Å². The molecule has 0 fully saturated rings. The molecule has 0 atom stereocenters. The first-order valence-electron chi connectivity index (χ1n) is 6.12. The standard InChI is InChI=1S/C13H28/c1-5-7-8-9-10-12-13(3,4)11-6-2/h5-12H2,1-4H3. The van der Waals surface area contributed by atoms with E-state index in [2.05, 4.69) is 27.7 Å². The van der Waals surface area contributed by atoms with Gasteiger partial charge >= 0.3 is 0 Å². The third kappa shape index (κ3) is 8.33. The molecule has 0 unspecified atom stereocenters. The van der Waals surface area contributed by atoms with Gasteiger partial charge < -0.3 is 0 Å². The first-order valence-corrected chi connectivity index (χ1v) is 6.12. The van der Waals surface area contributed by atoms with E-state index < -0.39 is 0 Å². The molecule has 0 aromatic rings. The van der Waals surface area contributed by atoms with Gasteiger partial charge in [-0.2, -0.15) is 0 Å². The number of hydrogen-bond donors (Lipinski definition) is 0. The summed E-state index contributed by atoms with van der Waals surface area (Å²) in [6.45, 7) is 9.40. The quantitative estimate of drug-likeness (QED) is 0.456. The predicted molar refractivity (Wildman–Crippen MR) is 62.1 cm³/mol. The Bertz CT molecular complexity index is 103. The fourth-order valence-corrected chi connectivity index (χ4v) is 2.01. The van der Waals surface area contributed by atoms with E-state index in [1.165, 1.54) is 51.4 Å². The minimum atomic E-state index is 0.598. The maximum absolute atomic E-state index is 2.41. The van der Waals surface area contributed by atoms with Gasteiger partial charge in [0, 0.05) is 0 Å². The molecule has 0 aliphatic heterocycles. The molecule has 0 heteroatoms. The molecule has 0 amide bonds. The van der Waals surface area contributed by atoms with E-state index in [9.17, 15) is 0 Å². The lowest BCUT2D eigenvalue weighted by atomic mass is 9.83. The summed E-state index contributed by atoms with van der Waals surface area (Å²) >= 11 is 0. The van der Waals surface area contributed by atoms with Crippen LogP contribution in [0.4, 0.5) is 0 Å². The Hall–Kier alpha value is 0. The molecule has 0 saturated carbocycles. The lowest BCUT2D eigenvalue weighted by Gasteiger charge is -2.23. The molecule has 0 aromatic carbocycles. The summed E-state index contributed by atoms with van der Waals surface area (Å²) in [4.78, 5) is 0. The third-order valence-corrected chi connectivity index (χ3v) is 2.88. The maximum atomic E-state index is 2.41. The summed E-state index contributed by atoms with van der Waals surface area (Å²) < 4.78 is 0. The summed E-state index contributed by atoms with van der Waals surface area (Å²) in [5.41, 5.74) is 0.598. The Morgan fingerprint density at radius 2 is 1.31 bits per heavy atom. The molecule has 0 saturated heterocycles. The van der Waals surface area contributed by atoms with E-state index in [0.29, 0.717) is 5.41 Å². The zero-order valence-corrected chi connectivity index (χ0v) is 10.2. The number of unbranched alkanes of at least 4 members (excludes halogenated alkanes) is 4. The van der Waals surface area contributed by atoms with Crippen molar-refractivity contribution in [2.24, 2.45) is 5.41 Å². The smallest absolute Gasteiger partial charge is 0.0354 e. The van der Waals surface area contributed by atoms with Crippen molar-refractivity contribution in [1.29, 1.82) is 0 Å². The van der Waals surface area contributed by atoms with Crippen molar-refractivity contribution < 1.29 is 0 Å². The zero-order valence-electron chi connectivity index (χ0n) is 10.2. The van der Waals surface area contributed by atoms with Crippen LogP contribution in [0.15, 0.2) is 0 Å². The normalized spacial score (nSPS) is 12.0. The van der Waals surface area contributed by atoms with E-state index in [0.717, 1.165) is 0 Å². The maximum Gasteiger partial charge on any atom is -0.0354 e. The largest absolute Gasteiger partial charge is 0.0654 e. The molecular formula is C13H28. The van der Waals surface area contributed by atoms with Crippen LogP contribution >= 0.6 is 0 Å². The minimum Gasteiger partial charge on any atom is -0.0654 e. The molecule has 0 spiro atoms. The van der Waals surface area contributed by atoms with E-state index in [4.69, 9.17) is 0 Å². The Morgan fingerprint density at radius 1 is 0.692 bits per heavy atom. The second-order valence-corrected chi connectivity index (χ2v) is 5.08. The number of rotatable bonds is 8. The molecule has 0 heterocycles. The van der Waals surface area contributed by atoms with Crippen LogP contribution in [0.25, 0.3) is 0 Å². The van der Waals surface area contributed by atoms with Gasteiger partial charge in [0.05, 0.1) is 0 Å². The second kappa shape index (κ2) is 7.41. The minimum absolute atomic E-state index is 0.598. The number of hydrogen-bond acceptors (Lipinski definition) is 0. The molecule has 0 aromatic heterocycles. The summed E-state index contributed by atoms with van der Waals surface area (Å²) in [5, 5.41) is 0. The average molecular weight is 184 g/mol. The van der Waals surface area contributed by atoms with Gasteiger partial charge in [0.1, 0.15) is 0 Å². The van der Waals surface area contributed by atoms with Crippen molar-refractivity contribution in [2.45, 2.75) is 79.1 Å². The highest BCUT2D eigenvalue weighted by Gasteiger charge is 2.15. The molecule has 0 nitrogen and oxygen atoms in total. The molecule has 0 N–H and O–H groups in total. The second-order valence-electron chi connectivity index (χ2n) is 5.08. The van der Waals surface area contributed by atoms with Crippen molar-refractivity contribution in [3.8, 4) is 0 Å². The van der Waals surface area contributed by atoms with Crippen molar-refractivity contribution >= 4 is 0 Å². The molecule has 0 rings (SSSR count). The van der Waals surface area contributed by atoms with Gasteiger partial charge in [-0.3, -0.25) is 0 Å². The summed E-state index contributed by atoms with van der Waals surface area (Å²) in [6, 6.07) is 0. The van der Waals surface area contributed by atoms with Crippen LogP contribution in [0.3, 0.4) is 0 Å². The van der Waals surface area contributed by atoms with E-state index in [1.807, 2.05) is 0 Å². The monoisotopic (exact) mass is 184 g/mol. The van der Waals surface area contributed by atoms with Crippen molar-refractivity contribution in [3.05, 3.63) is 0 Å². The first-order chi connectivity index (χ1) is 6.12. The molecule has 0 aliphatic rings. The van der Waals surface area contributed by atoms with Crippen LogP contribution in [-0.4, -0.2) is 0 Å². The van der Waals surface area contributed by atoms with Crippen LogP contribution in [0.2, 0.25) is 0 Å². The lowest BCUT2D eigenvalue weighted by molar-refractivity contribution is 0.291. The highest BCUT2D eigenvalue weighted by molar-refractivity contribution is 4.67. The van der Waals surface area contributed by atoms with Crippen LogP contribution in [0.1, 0.15) is 79.1 Å². The molecular weight excluding hydrogens is 156 g/mol. The van der Waals surface area contributed by atoms with Gasteiger partial charge in [0.25, 0.3) is 0 Å². The SMILES string of the molecule is CCCCCCCC(C)(C)CCC. The summed E-state index contributed by atoms with van der Waals surface area (Å²) in [6.07, 6.45) is 11.3. The van der Waals surface area contributed by atoms with Crippen LogP contribution in [-0.2, 0) is 0 Å². The van der Waals surface area contributed by atoms with Crippen LogP contribution in [0.5, 0.6) is 0 Å².